The zero-order valence-electron chi connectivity index (χ0n) is 23.3. The zero-order chi connectivity index (χ0) is 29.3. The van der Waals surface area contributed by atoms with Crippen molar-refractivity contribution < 1.29 is 18.0 Å². The first-order valence-corrected chi connectivity index (χ1v) is 16.2. The second-order valence-electron chi connectivity index (χ2n) is 9.49. The summed E-state index contributed by atoms with van der Waals surface area (Å²) in [5, 5.41) is 3.44. The number of aryl methyl sites for hydroxylation is 1. The number of nitrogens with zero attached hydrogens (tertiary/aromatic N) is 2. The Labute approximate surface area is 247 Å². The first-order valence-electron chi connectivity index (χ1n) is 13.1. The number of hydrogen-bond acceptors (Lipinski definition) is 5. The second kappa shape index (κ2) is 14.6. The highest BCUT2D eigenvalue weighted by Crippen LogP contribution is 2.26. The normalized spacial score (nSPS) is 12.0. The average Bonchev–Trinajstić information content (AvgIpc) is 2.95. The molecule has 0 radical (unpaired) electrons. The number of carbonyl (C=O) groups is 2. The Bertz CT molecular complexity index is 1380. The molecule has 0 aliphatic carbocycles. The second-order valence-corrected chi connectivity index (χ2v) is 12.7. The van der Waals surface area contributed by atoms with E-state index >= 15 is 0 Å². The maximum atomic E-state index is 13.9. The fourth-order valence-electron chi connectivity index (χ4n) is 4.02. The van der Waals surface area contributed by atoms with Crippen molar-refractivity contribution in [1.82, 2.24) is 10.2 Å². The van der Waals surface area contributed by atoms with Crippen LogP contribution in [-0.4, -0.2) is 50.5 Å². The molecule has 3 rings (SSSR count). The average molecular weight is 602 g/mol. The van der Waals surface area contributed by atoms with Crippen LogP contribution in [0, 0.1) is 6.92 Å². The van der Waals surface area contributed by atoms with Crippen LogP contribution in [0.1, 0.15) is 37.8 Å². The summed E-state index contributed by atoms with van der Waals surface area (Å²) >= 11 is 7.56. The van der Waals surface area contributed by atoms with E-state index in [9.17, 15) is 18.0 Å². The molecular weight excluding hydrogens is 566 g/mol. The van der Waals surface area contributed by atoms with Gasteiger partial charge in [-0.3, -0.25) is 13.9 Å². The SMILES string of the molecule is CCCCNC(=O)C(C)N(Cc1ccc(Cl)cc1)C(=O)CN(c1ccc(C)cc1)S(=O)(=O)c1ccc(SC)cc1. The maximum absolute atomic E-state index is 13.9. The molecule has 3 aromatic carbocycles. The van der Waals surface area contributed by atoms with Crippen molar-refractivity contribution in [2.45, 2.75) is 56.0 Å². The lowest BCUT2D eigenvalue weighted by molar-refractivity contribution is -0.139. The van der Waals surface area contributed by atoms with Gasteiger partial charge in [0.05, 0.1) is 10.6 Å². The van der Waals surface area contributed by atoms with Crippen LogP contribution >= 0.6 is 23.4 Å². The first kappa shape index (κ1) is 31.5. The van der Waals surface area contributed by atoms with E-state index in [-0.39, 0.29) is 17.3 Å². The molecule has 0 saturated carbocycles. The van der Waals surface area contributed by atoms with Gasteiger partial charge in [0.25, 0.3) is 10.0 Å². The topological polar surface area (TPSA) is 86.8 Å². The molecule has 0 heterocycles. The Kier molecular flexibility index (Phi) is 11.5. The number of unbranched alkanes of at least 4 members (excludes halogenated alkanes) is 1. The highest BCUT2D eigenvalue weighted by molar-refractivity contribution is 7.98. The van der Waals surface area contributed by atoms with E-state index in [0.29, 0.717) is 17.3 Å². The lowest BCUT2D eigenvalue weighted by Gasteiger charge is -2.32. The van der Waals surface area contributed by atoms with Crippen LogP contribution in [0.3, 0.4) is 0 Å². The maximum Gasteiger partial charge on any atom is 0.264 e. The van der Waals surface area contributed by atoms with Crippen molar-refractivity contribution >= 4 is 50.9 Å². The summed E-state index contributed by atoms with van der Waals surface area (Å²) in [5.74, 6) is -0.800. The molecular formula is C30H36ClN3O4S2. The summed E-state index contributed by atoms with van der Waals surface area (Å²) in [4.78, 5) is 29.4. The van der Waals surface area contributed by atoms with Gasteiger partial charge in [-0.1, -0.05) is 54.8 Å². The predicted molar refractivity (Wildman–Crippen MR) is 163 cm³/mol. The van der Waals surface area contributed by atoms with Crippen molar-refractivity contribution in [3.63, 3.8) is 0 Å². The van der Waals surface area contributed by atoms with Crippen molar-refractivity contribution in [2.75, 3.05) is 23.7 Å². The Hall–Kier alpha value is -3.01. The number of halogens is 1. The number of nitrogens with one attached hydrogen (secondary N) is 1. The molecule has 40 heavy (non-hydrogen) atoms. The summed E-state index contributed by atoms with van der Waals surface area (Å²) in [7, 11) is -4.10. The third-order valence-electron chi connectivity index (χ3n) is 6.51. The number of amides is 2. The summed E-state index contributed by atoms with van der Waals surface area (Å²) < 4.78 is 28.9. The number of benzene rings is 3. The van der Waals surface area contributed by atoms with Gasteiger partial charge in [-0.25, -0.2) is 8.42 Å². The van der Waals surface area contributed by atoms with E-state index in [0.717, 1.165) is 33.2 Å². The van der Waals surface area contributed by atoms with Gasteiger partial charge in [-0.15, -0.1) is 11.8 Å². The van der Waals surface area contributed by atoms with Crippen molar-refractivity contribution in [1.29, 1.82) is 0 Å². The van der Waals surface area contributed by atoms with Gasteiger partial charge in [0.15, 0.2) is 0 Å². The number of carbonyl (C=O) groups excluding carboxylic acids is 2. The molecule has 0 aliphatic heterocycles. The van der Waals surface area contributed by atoms with E-state index < -0.39 is 28.5 Å². The van der Waals surface area contributed by atoms with Gasteiger partial charge in [-0.05, 0) is 80.6 Å². The molecule has 0 aliphatic rings. The summed E-state index contributed by atoms with van der Waals surface area (Å²) in [5.41, 5.74) is 2.08. The van der Waals surface area contributed by atoms with Crippen molar-refractivity contribution in [3.8, 4) is 0 Å². The van der Waals surface area contributed by atoms with Crippen LogP contribution in [0.5, 0.6) is 0 Å². The Morgan fingerprint density at radius 3 is 2.17 bits per heavy atom. The monoisotopic (exact) mass is 601 g/mol. The summed E-state index contributed by atoms with van der Waals surface area (Å²) in [6.45, 7) is 5.72. The Balaban J connectivity index is 1.99. The minimum Gasteiger partial charge on any atom is -0.354 e. The summed E-state index contributed by atoms with van der Waals surface area (Å²) in [6, 6.07) is 19.7. The van der Waals surface area contributed by atoms with E-state index in [1.807, 2.05) is 20.1 Å². The third-order valence-corrected chi connectivity index (χ3v) is 9.29. The van der Waals surface area contributed by atoms with Crippen LogP contribution in [-0.2, 0) is 26.2 Å². The molecule has 0 aromatic heterocycles. The van der Waals surface area contributed by atoms with Gasteiger partial charge in [0, 0.05) is 23.0 Å². The van der Waals surface area contributed by atoms with Crippen molar-refractivity contribution in [3.05, 3.63) is 88.9 Å². The van der Waals surface area contributed by atoms with Crippen molar-refractivity contribution in [2.24, 2.45) is 0 Å². The van der Waals surface area contributed by atoms with Crippen LogP contribution in [0.25, 0.3) is 0 Å². The highest BCUT2D eigenvalue weighted by Gasteiger charge is 2.32. The minimum atomic E-state index is -4.10. The van der Waals surface area contributed by atoms with Crippen LogP contribution in [0.15, 0.2) is 82.6 Å². The van der Waals surface area contributed by atoms with E-state index in [1.165, 1.54) is 16.7 Å². The lowest BCUT2D eigenvalue weighted by atomic mass is 10.1. The van der Waals surface area contributed by atoms with Gasteiger partial charge in [-0.2, -0.15) is 0 Å². The molecule has 7 nitrogen and oxygen atoms in total. The quantitative estimate of drug-likeness (QED) is 0.195. The molecule has 10 heteroatoms. The number of sulfonamides is 1. The van der Waals surface area contributed by atoms with E-state index in [1.54, 1.807) is 79.7 Å². The number of anilines is 1. The smallest absolute Gasteiger partial charge is 0.264 e. The first-order chi connectivity index (χ1) is 19.1. The third kappa shape index (κ3) is 8.25. The fraction of sp³-hybridized carbons (Fsp3) is 0.333. The van der Waals surface area contributed by atoms with Gasteiger partial charge in [0.2, 0.25) is 11.8 Å². The lowest BCUT2D eigenvalue weighted by Crippen LogP contribution is -2.51. The minimum absolute atomic E-state index is 0.0771. The van der Waals surface area contributed by atoms with Gasteiger partial charge >= 0.3 is 0 Å². The van der Waals surface area contributed by atoms with E-state index in [2.05, 4.69) is 5.32 Å². The largest absolute Gasteiger partial charge is 0.354 e. The predicted octanol–water partition coefficient (Wildman–Crippen LogP) is 5.90. The van der Waals surface area contributed by atoms with Crippen LogP contribution < -0.4 is 9.62 Å². The molecule has 0 saturated heterocycles. The van der Waals surface area contributed by atoms with Crippen LogP contribution in [0.2, 0.25) is 5.02 Å². The number of rotatable bonds is 13. The van der Waals surface area contributed by atoms with Gasteiger partial charge < -0.3 is 10.2 Å². The van der Waals surface area contributed by atoms with Crippen LogP contribution in [0.4, 0.5) is 5.69 Å². The molecule has 1 unspecified atom stereocenters. The standard InChI is InChI=1S/C30H36ClN3O4S2/c1-5-6-19-32-30(36)23(3)33(20-24-9-11-25(31)12-10-24)29(35)21-34(26-13-7-22(2)8-14-26)40(37,38)28-17-15-27(39-4)16-18-28/h7-18,23H,5-6,19-21H2,1-4H3,(H,32,36). The fourth-order valence-corrected chi connectivity index (χ4v) is 5.97. The summed E-state index contributed by atoms with van der Waals surface area (Å²) in [6.07, 6.45) is 3.65. The number of thioether (sulfide) groups is 1. The zero-order valence-corrected chi connectivity index (χ0v) is 25.7. The molecule has 1 N–H and O–H groups in total. The molecule has 214 valence electrons. The molecule has 0 bridgehead atoms. The molecule has 0 fully saturated rings. The van der Waals surface area contributed by atoms with E-state index in [4.69, 9.17) is 11.6 Å². The number of hydrogen-bond donors (Lipinski definition) is 1. The molecule has 2 amide bonds. The Morgan fingerprint density at radius 2 is 1.60 bits per heavy atom. The highest BCUT2D eigenvalue weighted by atomic mass is 35.5. The molecule has 3 aromatic rings. The molecule has 0 spiro atoms. The van der Waals surface area contributed by atoms with Gasteiger partial charge in [0.1, 0.15) is 12.6 Å². The molecule has 1 atom stereocenters. The Morgan fingerprint density at radius 1 is 0.975 bits per heavy atom.